The Hall–Kier alpha value is -2.47. The topological polar surface area (TPSA) is 88.1 Å². The first-order chi connectivity index (χ1) is 14.6. The Morgan fingerprint density at radius 1 is 0.935 bits per heavy atom. The van der Waals surface area contributed by atoms with Gasteiger partial charge in [-0.15, -0.1) is 0 Å². The van der Waals surface area contributed by atoms with Crippen LogP contribution in [0.2, 0.25) is 0 Å². The highest BCUT2D eigenvalue weighted by Crippen LogP contribution is 2.66. The molecule has 1 atom stereocenters. The van der Waals surface area contributed by atoms with E-state index in [9.17, 15) is 14.2 Å². The quantitative estimate of drug-likeness (QED) is 0.476. The summed E-state index contributed by atoms with van der Waals surface area (Å²) in [6.07, 6.45) is 0. The predicted molar refractivity (Wildman–Crippen MR) is 115 cm³/mol. The first kappa shape index (κ1) is 23.2. The maximum Gasteiger partial charge on any atom is 0.342 e. The minimum Gasteiger partial charge on any atom is -0.465 e. The highest BCUT2D eigenvalue weighted by atomic mass is 31.2. The van der Waals surface area contributed by atoms with Crippen LogP contribution in [0.1, 0.15) is 56.9 Å². The van der Waals surface area contributed by atoms with Crippen molar-refractivity contribution >= 4 is 19.5 Å². The van der Waals surface area contributed by atoms with Crippen molar-refractivity contribution < 1.29 is 32.7 Å². The smallest absolute Gasteiger partial charge is 0.342 e. The van der Waals surface area contributed by atoms with E-state index in [1.54, 1.807) is 43.3 Å². The fraction of sp³-hybridized carbons (Fsp3) is 0.391. The molecule has 1 aliphatic heterocycles. The van der Waals surface area contributed by atoms with Gasteiger partial charge in [0, 0.05) is 5.41 Å². The Morgan fingerprint density at radius 2 is 1.48 bits per heavy atom. The van der Waals surface area contributed by atoms with E-state index < -0.39 is 25.2 Å². The lowest BCUT2D eigenvalue weighted by atomic mass is 9.92. The zero-order chi connectivity index (χ0) is 22.8. The van der Waals surface area contributed by atoms with Crippen molar-refractivity contribution in [2.24, 2.45) is 5.41 Å². The molecular formula is C23H27O7P. The summed E-state index contributed by atoms with van der Waals surface area (Å²) in [4.78, 5) is 25.4. The summed E-state index contributed by atoms with van der Waals surface area (Å²) in [7, 11) is -1.29. The molecule has 0 radical (unpaired) electrons. The Kier molecular flexibility index (Phi) is 6.70. The summed E-state index contributed by atoms with van der Waals surface area (Å²) < 4.78 is 35.6. The van der Waals surface area contributed by atoms with Gasteiger partial charge in [-0.2, -0.15) is 0 Å². The fourth-order valence-electron chi connectivity index (χ4n) is 3.56. The molecule has 0 saturated carbocycles. The lowest BCUT2D eigenvalue weighted by Gasteiger charge is -2.38. The molecule has 7 nitrogen and oxygen atoms in total. The average Bonchev–Trinajstić information content (AvgIpc) is 2.76. The van der Waals surface area contributed by atoms with Crippen LogP contribution in [0.4, 0.5) is 0 Å². The molecule has 2 aromatic carbocycles. The summed E-state index contributed by atoms with van der Waals surface area (Å²) in [5, 5.41) is 0. The third-order valence-electron chi connectivity index (χ3n) is 5.22. The number of carbonyl (C=O) groups excluding carboxylic acids is 2. The number of hydrogen-bond acceptors (Lipinski definition) is 7. The molecule has 2 aromatic rings. The van der Waals surface area contributed by atoms with Gasteiger partial charge in [0.2, 0.25) is 0 Å². The van der Waals surface area contributed by atoms with Crippen LogP contribution in [0.5, 0.6) is 0 Å². The van der Waals surface area contributed by atoms with Gasteiger partial charge in [-0.05, 0) is 23.6 Å². The number of esters is 2. The average molecular weight is 446 g/mol. The monoisotopic (exact) mass is 446 g/mol. The van der Waals surface area contributed by atoms with E-state index in [-0.39, 0.29) is 29.8 Å². The second kappa shape index (κ2) is 8.95. The van der Waals surface area contributed by atoms with Crippen LogP contribution in [0, 0.1) is 12.3 Å². The van der Waals surface area contributed by atoms with E-state index >= 15 is 0 Å². The number of ether oxygens (including phenoxy) is 2. The first-order valence-electron chi connectivity index (χ1n) is 9.87. The van der Waals surface area contributed by atoms with Crippen LogP contribution >= 0.6 is 7.60 Å². The maximum atomic E-state index is 14.0. The Bertz CT molecular complexity index is 1020. The van der Waals surface area contributed by atoms with Gasteiger partial charge in [0.1, 0.15) is 5.66 Å². The molecule has 1 fully saturated rings. The second-order valence-electron chi connectivity index (χ2n) is 8.27. The molecule has 0 aliphatic carbocycles. The molecule has 0 N–H and O–H groups in total. The van der Waals surface area contributed by atoms with Gasteiger partial charge in [0.05, 0.1) is 38.6 Å². The molecule has 1 saturated heterocycles. The third-order valence-corrected chi connectivity index (χ3v) is 7.41. The largest absolute Gasteiger partial charge is 0.465 e. The van der Waals surface area contributed by atoms with E-state index in [2.05, 4.69) is 0 Å². The highest BCUT2D eigenvalue weighted by molar-refractivity contribution is 7.54. The van der Waals surface area contributed by atoms with Crippen LogP contribution in [0.15, 0.2) is 42.5 Å². The van der Waals surface area contributed by atoms with Crippen LogP contribution in [0.3, 0.4) is 0 Å². The van der Waals surface area contributed by atoms with Crippen LogP contribution < -0.4 is 0 Å². The van der Waals surface area contributed by atoms with Crippen molar-refractivity contribution in [1.82, 2.24) is 0 Å². The molecule has 0 aromatic heterocycles. The van der Waals surface area contributed by atoms with Gasteiger partial charge >= 0.3 is 19.5 Å². The van der Waals surface area contributed by atoms with Gasteiger partial charge in [0.25, 0.3) is 0 Å². The van der Waals surface area contributed by atoms with E-state index in [1.807, 2.05) is 19.9 Å². The van der Waals surface area contributed by atoms with E-state index in [1.165, 1.54) is 14.2 Å². The molecule has 1 aliphatic rings. The van der Waals surface area contributed by atoms with Crippen LogP contribution in [-0.4, -0.2) is 39.4 Å². The standard InChI is InChI=1S/C23H27O7P/c1-15-11-12-17(19(22(25)28-5)18(15)21(24)27-4)20(16-9-7-6-8-10-16)31(26)29-13-23(2,3)14-30-31/h6-12,20H,13-14H2,1-5H3. The van der Waals surface area contributed by atoms with Gasteiger partial charge in [-0.1, -0.05) is 56.3 Å². The zero-order valence-corrected chi connectivity index (χ0v) is 19.2. The fourth-order valence-corrected chi connectivity index (χ4v) is 6.09. The molecular weight excluding hydrogens is 419 g/mol. The molecule has 0 spiro atoms. The Labute approximate surface area is 182 Å². The lowest BCUT2D eigenvalue weighted by Crippen LogP contribution is -2.31. The molecule has 0 bridgehead atoms. The molecule has 8 heteroatoms. The number of methoxy groups -OCH3 is 2. The number of rotatable bonds is 5. The van der Waals surface area contributed by atoms with Crippen molar-refractivity contribution in [1.29, 1.82) is 0 Å². The molecule has 166 valence electrons. The minimum absolute atomic E-state index is 0.00420. The summed E-state index contributed by atoms with van der Waals surface area (Å²) in [5.41, 5.74) is 0.329. The predicted octanol–water partition coefficient (Wildman–Crippen LogP) is 4.92. The SMILES string of the molecule is COC(=O)c1c(C)ccc(C(c2ccccc2)P2(=O)OCC(C)(C)CO2)c1C(=O)OC. The number of hydrogen-bond donors (Lipinski definition) is 0. The van der Waals surface area contributed by atoms with E-state index in [0.717, 1.165) is 0 Å². The van der Waals surface area contributed by atoms with Crippen LogP contribution in [-0.2, 0) is 23.1 Å². The summed E-state index contributed by atoms with van der Waals surface area (Å²) in [5.74, 6) is -1.42. The Balaban J connectivity index is 2.29. The first-order valence-corrected chi connectivity index (χ1v) is 11.5. The van der Waals surface area contributed by atoms with Crippen LogP contribution in [0.25, 0.3) is 0 Å². The van der Waals surface area contributed by atoms with Crippen molar-refractivity contribution in [3.05, 3.63) is 70.3 Å². The second-order valence-corrected chi connectivity index (χ2v) is 10.4. The lowest BCUT2D eigenvalue weighted by molar-refractivity contribution is 0.0390. The molecule has 1 heterocycles. The van der Waals surface area contributed by atoms with Crippen molar-refractivity contribution in [3.8, 4) is 0 Å². The van der Waals surface area contributed by atoms with Gasteiger partial charge in [-0.25, -0.2) is 9.59 Å². The molecule has 3 rings (SSSR count). The number of benzene rings is 2. The zero-order valence-electron chi connectivity index (χ0n) is 18.3. The Morgan fingerprint density at radius 3 is 2.03 bits per heavy atom. The highest BCUT2D eigenvalue weighted by Gasteiger charge is 2.46. The van der Waals surface area contributed by atoms with Gasteiger partial charge in [-0.3, -0.25) is 4.57 Å². The van der Waals surface area contributed by atoms with Crippen molar-refractivity contribution in [2.45, 2.75) is 26.4 Å². The molecule has 1 unspecified atom stereocenters. The third kappa shape index (κ3) is 4.59. The minimum atomic E-state index is -3.76. The van der Waals surface area contributed by atoms with E-state index in [4.69, 9.17) is 18.5 Å². The number of aryl methyl sites for hydroxylation is 1. The van der Waals surface area contributed by atoms with Crippen molar-refractivity contribution in [3.63, 3.8) is 0 Å². The summed E-state index contributed by atoms with van der Waals surface area (Å²) in [6.45, 7) is 6.07. The molecule has 31 heavy (non-hydrogen) atoms. The normalized spacial score (nSPS) is 18.1. The summed E-state index contributed by atoms with van der Waals surface area (Å²) >= 11 is 0. The van der Waals surface area contributed by atoms with Crippen molar-refractivity contribution in [2.75, 3.05) is 27.4 Å². The van der Waals surface area contributed by atoms with E-state index in [0.29, 0.717) is 16.7 Å². The maximum absolute atomic E-state index is 14.0. The number of carbonyl (C=O) groups is 2. The summed E-state index contributed by atoms with van der Waals surface area (Å²) in [6, 6.07) is 12.4. The van der Waals surface area contributed by atoms with Gasteiger partial charge < -0.3 is 18.5 Å². The van der Waals surface area contributed by atoms with Gasteiger partial charge in [0.15, 0.2) is 0 Å². The molecule has 0 amide bonds.